The number of carbonyl (C=O) groups excluding carboxylic acids is 1. The lowest BCUT2D eigenvalue weighted by molar-refractivity contribution is -0.122. The van der Waals surface area contributed by atoms with Crippen molar-refractivity contribution in [2.75, 3.05) is 0 Å². The van der Waals surface area contributed by atoms with Gasteiger partial charge in [-0.25, -0.2) is 4.68 Å². The van der Waals surface area contributed by atoms with Crippen LogP contribution in [0.5, 0.6) is 0 Å². The van der Waals surface area contributed by atoms with Crippen LogP contribution in [0.4, 0.5) is 0 Å². The predicted octanol–water partition coefficient (Wildman–Crippen LogP) is 2.96. The minimum atomic E-state index is -0.148. The van der Waals surface area contributed by atoms with Crippen LogP contribution in [0.25, 0.3) is 11.8 Å². The first-order valence-corrected chi connectivity index (χ1v) is 9.86. The second-order valence-corrected chi connectivity index (χ2v) is 7.30. The Morgan fingerprint density at radius 1 is 1.21 bits per heavy atom. The zero-order chi connectivity index (χ0) is 20.5. The molecule has 0 spiro atoms. The Morgan fingerprint density at radius 2 is 1.97 bits per heavy atom. The van der Waals surface area contributed by atoms with E-state index in [2.05, 4.69) is 15.5 Å². The van der Waals surface area contributed by atoms with Gasteiger partial charge in [0.25, 0.3) is 5.91 Å². The van der Waals surface area contributed by atoms with E-state index in [0.29, 0.717) is 17.4 Å². The fourth-order valence-corrected chi connectivity index (χ4v) is 3.64. The van der Waals surface area contributed by atoms with E-state index in [1.165, 1.54) is 0 Å². The van der Waals surface area contributed by atoms with Gasteiger partial charge in [0.15, 0.2) is 5.11 Å². The maximum atomic E-state index is 13.0. The molecule has 3 aromatic rings. The minimum Gasteiger partial charge on any atom is -0.328 e. The highest BCUT2D eigenvalue weighted by molar-refractivity contribution is 7.80. The molecule has 0 saturated carbocycles. The molecule has 29 heavy (non-hydrogen) atoms. The number of aromatic nitrogens is 4. The van der Waals surface area contributed by atoms with Gasteiger partial charge < -0.3 is 5.32 Å². The van der Waals surface area contributed by atoms with Gasteiger partial charge in [-0.2, -0.15) is 10.2 Å². The lowest BCUT2D eigenvalue weighted by atomic mass is 10.1. The first-order chi connectivity index (χ1) is 14.0. The van der Waals surface area contributed by atoms with E-state index in [-0.39, 0.29) is 5.91 Å². The van der Waals surface area contributed by atoms with Gasteiger partial charge in [-0.15, -0.1) is 0 Å². The highest BCUT2D eigenvalue weighted by Crippen LogP contribution is 2.23. The summed E-state index contributed by atoms with van der Waals surface area (Å²) in [5.74, 6) is -0.148. The van der Waals surface area contributed by atoms with E-state index >= 15 is 0 Å². The molecule has 0 radical (unpaired) electrons. The van der Waals surface area contributed by atoms with Gasteiger partial charge in [-0.1, -0.05) is 18.2 Å². The number of carbonyl (C=O) groups is 1. The van der Waals surface area contributed by atoms with Gasteiger partial charge in [0.05, 0.1) is 24.1 Å². The molecule has 8 heteroatoms. The lowest BCUT2D eigenvalue weighted by Crippen LogP contribution is -2.29. The molecule has 2 aromatic heterocycles. The third-order valence-corrected chi connectivity index (χ3v) is 5.27. The van der Waals surface area contributed by atoms with Crippen LogP contribution in [0.15, 0.2) is 48.4 Å². The van der Waals surface area contributed by atoms with Gasteiger partial charge in [-0.3, -0.25) is 14.4 Å². The van der Waals surface area contributed by atoms with E-state index in [9.17, 15) is 4.79 Å². The van der Waals surface area contributed by atoms with Gasteiger partial charge in [0.1, 0.15) is 5.70 Å². The van der Waals surface area contributed by atoms with Gasteiger partial charge in [0, 0.05) is 29.6 Å². The quantitative estimate of drug-likeness (QED) is 0.521. The van der Waals surface area contributed by atoms with Crippen molar-refractivity contribution in [1.82, 2.24) is 29.8 Å². The molecular weight excluding hydrogens is 384 g/mol. The minimum absolute atomic E-state index is 0.148. The van der Waals surface area contributed by atoms with Crippen molar-refractivity contribution in [3.63, 3.8) is 0 Å². The first kappa shape index (κ1) is 19.1. The molecular formula is C21H22N6OS. The fourth-order valence-electron chi connectivity index (χ4n) is 3.39. The van der Waals surface area contributed by atoms with Crippen molar-refractivity contribution >= 4 is 29.3 Å². The predicted molar refractivity (Wildman–Crippen MR) is 115 cm³/mol. The first-order valence-electron chi connectivity index (χ1n) is 9.45. The van der Waals surface area contributed by atoms with E-state index in [1.807, 2.05) is 72.7 Å². The molecule has 0 unspecified atom stereocenters. The fraction of sp³-hybridized carbons (Fsp3) is 0.238. The summed E-state index contributed by atoms with van der Waals surface area (Å²) in [5, 5.41) is 12.3. The van der Waals surface area contributed by atoms with Crippen LogP contribution in [0.1, 0.15) is 29.4 Å². The number of amides is 1. The van der Waals surface area contributed by atoms with Crippen LogP contribution >= 0.6 is 12.2 Å². The largest absolute Gasteiger partial charge is 0.328 e. The summed E-state index contributed by atoms with van der Waals surface area (Å²) in [6, 6.07) is 9.93. The second kappa shape index (κ2) is 7.63. The Kier molecular flexibility index (Phi) is 5.02. The zero-order valence-corrected chi connectivity index (χ0v) is 17.4. The molecule has 7 nitrogen and oxygen atoms in total. The number of nitrogens with zero attached hydrogens (tertiary/aromatic N) is 5. The molecule has 0 bridgehead atoms. The van der Waals surface area contributed by atoms with Gasteiger partial charge in [0.2, 0.25) is 0 Å². The summed E-state index contributed by atoms with van der Waals surface area (Å²) in [7, 11) is 0. The molecule has 1 saturated heterocycles. The Labute approximate surface area is 174 Å². The smallest absolute Gasteiger partial charge is 0.276 e. The van der Waals surface area contributed by atoms with Crippen molar-refractivity contribution in [3.05, 3.63) is 70.9 Å². The van der Waals surface area contributed by atoms with Crippen LogP contribution in [-0.2, 0) is 17.9 Å². The monoisotopic (exact) mass is 406 g/mol. The molecule has 1 amide bonds. The average Bonchev–Trinajstić information content (AvgIpc) is 3.37. The highest BCUT2D eigenvalue weighted by Gasteiger charge is 2.31. The molecule has 1 N–H and O–H groups in total. The Hall–Kier alpha value is -3.26. The average molecular weight is 407 g/mol. The van der Waals surface area contributed by atoms with E-state index in [4.69, 9.17) is 12.2 Å². The number of benzene rings is 1. The van der Waals surface area contributed by atoms with Crippen LogP contribution in [0, 0.1) is 13.8 Å². The normalized spacial score (nSPS) is 15.4. The van der Waals surface area contributed by atoms with Crippen molar-refractivity contribution in [1.29, 1.82) is 0 Å². The summed E-state index contributed by atoms with van der Waals surface area (Å²) < 4.78 is 3.71. The van der Waals surface area contributed by atoms with E-state index < -0.39 is 0 Å². The molecule has 1 aromatic carbocycles. The number of aryl methyl sites for hydroxylation is 2. The SMILES string of the molecule is CCn1cc(CN2C(=O)/C(=C\c3c(C)nn(-c4ccccc4)c3C)NC2=S)cn1. The molecule has 1 fully saturated rings. The zero-order valence-electron chi connectivity index (χ0n) is 16.6. The summed E-state index contributed by atoms with van der Waals surface area (Å²) in [6.45, 7) is 7.13. The third-order valence-electron chi connectivity index (χ3n) is 4.95. The Bertz CT molecular complexity index is 1110. The van der Waals surface area contributed by atoms with Crippen molar-refractivity contribution < 1.29 is 4.79 Å². The van der Waals surface area contributed by atoms with E-state index in [1.54, 1.807) is 11.1 Å². The molecule has 1 aliphatic rings. The number of para-hydroxylation sites is 1. The summed E-state index contributed by atoms with van der Waals surface area (Å²) >= 11 is 5.40. The maximum Gasteiger partial charge on any atom is 0.276 e. The van der Waals surface area contributed by atoms with E-state index in [0.717, 1.165) is 34.7 Å². The lowest BCUT2D eigenvalue weighted by Gasteiger charge is -2.12. The number of hydrogen-bond acceptors (Lipinski definition) is 4. The molecule has 4 rings (SSSR count). The van der Waals surface area contributed by atoms with Gasteiger partial charge >= 0.3 is 0 Å². The topological polar surface area (TPSA) is 68.0 Å². The number of rotatable bonds is 5. The van der Waals surface area contributed by atoms with Crippen LogP contribution in [-0.4, -0.2) is 35.5 Å². The summed E-state index contributed by atoms with van der Waals surface area (Å²) in [4.78, 5) is 14.5. The van der Waals surface area contributed by atoms with Crippen molar-refractivity contribution in [2.45, 2.75) is 33.9 Å². The van der Waals surface area contributed by atoms with Gasteiger partial charge in [-0.05, 0) is 51.2 Å². The Balaban J connectivity index is 1.61. The third kappa shape index (κ3) is 3.58. The summed E-state index contributed by atoms with van der Waals surface area (Å²) in [5.41, 5.74) is 5.10. The van der Waals surface area contributed by atoms with Crippen LogP contribution in [0.3, 0.4) is 0 Å². The van der Waals surface area contributed by atoms with Crippen LogP contribution < -0.4 is 5.32 Å². The summed E-state index contributed by atoms with van der Waals surface area (Å²) in [6.07, 6.45) is 5.52. The molecule has 1 aliphatic heterocycles. The van der Waals surface area contributed by atoms with Crippen LogP contribution in [0.2, 0.25) is 0 Å². The number of thiocarbonyl (C=S) groups is 1. The van der Waals surface area contributed by atoms with Crippen molar-refractivity contribution in [3.8, 4) is 5.69 Å². The standard InChI is InChI=1S/C21H22N6OS/c1-4-25-12-16(11-22-25)13-26-20(28)19(23-21(26)29)10-18-14(2)24-27(15(18)3)17-8-6-5-7-9-17/h5-12H,4,13H2,1-3H3,(H,23,29)/b19-10+. The highest BCUT2D eigenvalue weighted by atomic mass is 32.1. The second-order valence-electron chi connectivity index (χ2n) is 6.92. The molecule has 3 heterocycles. The molecule has 0 atom stereocenters. The Morgan fingerprint density at radius 3 is 2.66 bits per heavy atom. The molecule has 148 valence electrons. The molecule has 0 aliphatic carbocycles. The number of hydrogen-bond donors (Lipinski definition) is 1. The van der Waals surface area contributed by atoms with Crippen molar-refractivity contribution in [2.24, 2.45) is 0 Å². The maximum absolute atomic E-state index is 13.0. The number of nitrogens with one attached hydrogen (secondary N) is 1.